The highest BCUT2D eigenvalue weighted by molar-refractivity contribution is 5.90. The van der Waals surface area contributed by atoms with Crippen LogP contribution in [0.5, 0.6) is 0 Å². The van der Waals surface area contributed by atoms with Gasteiger partial charge in [-0.2, -0.15) is 0 Å². The Bertz CT molecular complexity index is 867. The molecule has 3 rings (SSSR count). The SMILES string of the molecule is Cc1ccc(CC(=O)Nc2nnc(-c3cc(C)ccc3C)o2)cc1. The lowest BCUT2D eigenvalue weighted by Crippen LogP contribution is -2.14. The van der Waals surface area contributed by atoms with E-state index in [1.165, 1.54) is 0 Å². The molecule has 2 aromatic carbocycles. The van der Waals surface area contributed by atoms with E-state index in [-0.39, 0.29) is 18.3 Å². The van der Waals surface area contributed by atoms with Crippen molar-refractivity contribution < 1.29 is 9.21 Å². The number of nitrogens with one attached hydrogen (secondary N) is 1. The zero-order valence-electron chi connectivity index (χ0n) is 14.0. The second kappa shape index (κ2) is 6.66. The van der Waals surface area contributed by atoms with E-state index in [9.17, 15) is 4.79 Å². The van der Waals surface area contributed by atoms with E-state index in [1.807, 2.05) is 63.2 Å². The van der Waals surface area contributed by atoms with Crippen molar-refractivity contribution in [3.63, 3.8) is 0 Å². The maximum absolute atomic E-state index is 12.1. The molecule has 122 valence electrons. The van der Waals surface area contributed by atoms with Gasteiger partial charge in [-0.05, 0) is 38.0 Å². The van der Waals surface area contributed by atoms with Crippen molar-refractivity contribution in [2.45, 2.75) is 27.2 Å². The monoisotopic (exact) mass is 321 g/mol. The fourth-order valence-electron chi connectivity index (χ4n) is 2.40. The van der Waals surface area contributed by atoms with Crippen molar-refractivity contribution in [3.8, 4) is 11.5 Å². The van der Waals surface area contributed by atoms with Gasteiger partial charge in [0, 0.05) is 5.56 Å². The van der Waals surface area contributed by atoms with Gasteiger partial charge in [0.05, 0.1) is 6.42 Å². The molecule has 1 aromatic heterocycles. The predicted octanol–water partition coefficient (Wildman–Crippen LogP) is 3.84. The van der Waals surface area contributed by atoms with Gasteiger partial charge in [-0.3, -0.25) is 10.1 Å². The highest BCUT2D eigenvalue weighted by Gasteiger charge is 2.13. The van der Waals surface area contributed by atoms with Crippen LogP contribution < -0.4 is 5.32 Å². The fourth-order valence-corrected chi connectivity index (χ4v) is 2.40. The lowest BCUT2D eigenvalue weighted by molar-refractivity contribution is -0.115. The van der Waals surface area contributed by atoms with Crippen LogP contribution in [-0.2, 0) is 11.2 Å². The highest BCUT2D eigenvalue weighted by atomic mass is 16.4. The standard InChI is InChI=1S/C19H19N3O2/c1-12-5-8-15(9-6-12)11-17(23)20-19-22-21-18(24-19)16-10-13(2)4-7-14(16)3/h4-10H,11H2,1-3H3,(H,20,22,23). The Balaban J connectivity index is 1.70. The van der Waals surface area contributed by atoms with Crippen LogP contribution in [0.2, 0.25) is 0 Å². The second-order valence-electron chi connectivity index (χ2n) is 5.94. The lowest BCUT2D eigenvalue weighted by Gasteiger charge is -2.03. The molecule has 3 aromatic rings. The maximum Gasteiger partial charge on any atom is 0.322 e. The average Bonchev–Trinajstić information content (AvgIpc) is 3.00. The normalized spacial score (nSPS) is 10.6. The third-order valence-corrected chi connectivity index (χ3v) is 3.78. The summed E-state index contributed by atoms with van der Waals surface area (Å²) in [6.07, 6.45) is 0.265. The molecule has 5 heteroatoms. The van der Waals surface area contributed by atoms with Gasteiger partial charge in [0.2, 0.25) is 11.8 Å². The third kappa shape index (κ3) is 3.68. The Morgan fingerprint density at radius 1 is 1.00 bits per heavy atom. The van der Waals surface area contributed by atoms with Crippen molar-refractivity contribution in [1.82, 2.24) is 10.2 Å². The summed E-state index contributed by atoms with van der Waals surface area (Å²) >= 11 is 0. The molecular formula is C19H19N3O2. The van der Waals surface area contributed by atoms with E-state index >= 15 is 0 Å². The van der Waals surface area contributed by atoms with Crippen LogP contribution in [-0.4, -0.2) is 16.1 Å². The smallest absolute Gasteiger partial charge is 0.322 e. The summed E-state index contributed by atoms with van der Waals surface area (Å²) in [6, 6.07) is 14.0. The number of hydrogen-bond donors (Lipinski definition) is 1. The maximum atomic E-state index is 12.1. The Morgan fingerprint density at radius 3 is 2.46 bits per heavy atom. The van der Waals surface area contributed by atoms with Crippen LogP contribution in [0.3, 0.4) is 0 Å². The number of rotatable bonds is 4. The van der Waals surface area contributed by atoms with Gasteiger partial charge < -0.3 is 4.42 Å². The van der Waals surface area contributed by atoms with Gasteiger partial charge in [-0.15, -0.1) is 5.10 Å². The number of amides is 1. The molecule has 0 fully saturated rings. The molecule has 0 atom stereocenters. The molecule has 0 spiro atoms. The molecule has 0 saturated carbocycles. The van der Waals surface area contributed by atoms with Crippen LogP contribution in [0.25, 0.3) is 11.5 Å². The molecule has 24 heavy (non-hydrogen) atoms. The minimum Gasteiger partial charge on any atom is -0.403 e. The fraction of sp³-hybridized carbons (Fsp3) is 0.211. The van der Waals surface area contributed by atoms with Crippen LogP contribution in [0, 0.1) is 20.8 Å². The van der Waals surface area contributed by atoms with Gasteiger partial charge in [0.25, 0.3) is 0 Å². The molecule has 0 aliphatic rings. The summed E-state index contributed by atoms with van der Waals surface area (Å²) in [5, 5.41) is 10.6. The van der Waals surface area contributed by atoms with E-state index in [1.54, 1.807) is 0 Å². The van der Waals surface area contributed by atoms with Gasteiger partial charge in [0.15, 0.2) is 0 Å². The first-order valence-electron chi connectivity index (χ1n) is 7.78. The van der Waals surface area contributed by atoms with Gasteiger partial charge in [0.1, 0.15) is 0 Å². The lowest BCUT2D eigenvalue weighted by atomic mass is 10.1. The number of anilines is 1. The number of hydrogen-bond acceptors (Lipinski definition) is 4. The number of aromatic nitrogens is 2. The molecule has 1 heterocycles. The molecule has 0 saturated heterocycles. The third-order valence-electron chi connectivity index (χ3n) is 3.78. The Morgan fingerprint density at radius 2 is 1.71 bits per heavy atom. The van der Waals surface area contributed by atoms with Gasteiger partial charge >= 0.3 is 6.01 Å². The molecule has 0 aliphatic carbocycles. The first kappa shape index (κ1) is 15.9. The van der Waals surface area contributed by atoms with Crippen molar-refractivity contribution in [3.05, 3.63) is 64.7 Å². The van der Waals surface area contributed by atoms with Crippen molar-refractivity contribution in [1.29, 1.82) is 0 Å². The number of aryl methyl sites for hydroxylation is 3. The highest BCUT2D eigenvalue weighted by Crippen LogP contribution is 2.24. The van der Waals surface area contributed by atoms with Crippen LogP contribution in [0.15, 0.2) is 46.9 Å². The van der Waals surface area contributed by atoms with Crippen molar-refractivity contribution >= 4 is 11.9 Å². The minimum atomic E-state index is -0.185. The van der Waals surface area contributed by atoms with Gasteiger partial charge in [-0.1, -0.05) is 52.6 Å². The first-order valence-corrected chi connectivity index (χ1v) is 7.78. The molecule has 5 nitrogen and oxygen atoms in total. The van der Waals surface area contributed by atoms with Crippen molar-refractivity contribution in [2.24, 2.45) is 0 Å². The molecule has 1 amide bonds. The zero-order chi connectivity index (χ0) is 17.1. The summed E-state index contributed by atoms with van der Waals surface area (Å²) in [7, 11) is 0. The Kier molecular flexibility index (Phi) is 4.42. The Hall–Kier alpha value is -2.95. The van der Waals surface area contributed by atoms with E-state index in [0.717, 1.165) is 27.8 Å². The predicted molar refractivity (Wildman–Crippen MR) is 92.7 cm³/mol. The van der Waals surface area contributed by atoms with Crippen LogP contribution >= 0.6 is 0 Å². The Labute approximate surface area is 140 Å². The molecule has 0 radical (unpaired) electrons. The first-order chi connectivity index (χ1) is 11.5. The van der Waals surface area contributed by atoms with E-state index in [4.69, 9.17) is 4.42 Å². The van der Waals surface area contributed by atoms with E-state index in [0.29, 0.717) is 5.89 Å². The molecule has 0 bridgehead atoms. The van der Waals surface area contributed by atoms with Crippen LogP contribution in [0.1, 0.15) is 22.3 Å². The topological polar surface area (TPSA) is 68.0 Å². The molecule has 0 unspecified atom stereocenters. The molecule has 1 N–H and O–H groups in total. The van der Waals surface area contributed by atoms with Gasteiger partial charge in [-0.25, -0.2) is 0 Å². The quantitative estimate of drug-likeness (QED) is 0.792. The molecular weight excluding hydrogens is 302 g/mol. The summed E-state index contributed by atoms with van der Waals surface area (Å²) in [5.74, 6) is 0.219. The number of carbonyl (C=O) groups is 1. The van der Waals surface area contributed by atoms with Crippen molar-refractivity contribution in [2.75, 3.05) is 5.32 Å². The van der Waals surface area contributed by atoms with E-state index < -0.39 is 0 Å². The summed E-state index contributed by atoms with van der Waals surface area (Å²) in [4.78, 5) is 12.1. The number of carbonyl (C=O) groups excluding carboxylic acids is 1. The number of nitrogens with zero attached hydrogens (tertiary/aromatic N) is 2. The molecule has 0 aliphatic heterocycles. The number of benzene rings is 2. The summed E-state index contributed by atoms with van der Waals surface area (Å²) in [5.41, 5.74) is 5.13. The average molecular weight is 321 g/mol. The summed E-state index contributed by atoms with van der Waals surface area (Å²) < 4.78 is 5.58. The largest absolute Gasteiger partial charge is 0.403 e. The van der Waals surface area contributed by atoms with Crippen LogP contribution in [0.4, 0.5) is 6.01 Å². The zero-order valence-corrected chi connectivity index (χ0v) is 14.0. The summed E-state index contributed by atoms with van der Waals surface area (Å²) in [6.45, 7) is 6.00. The minimum absolute atomic E-state index is 0.114. The van der Waals surface area contributed by atoms with E-state index in [2.05, 4.69) is 15.5 Å². The second-order valence-corrected chi connectivity index (χ2v) is 5.94.